The Labute approximate surface area is 143 Å². The molecule has 3 N–H and O–H groups in total. The van der Waals surface area contributed by atoms with Gasteiger partial charge < -0.3 is 20.2 Å². The molecule has 25 heavy (non-hydrogen) atoms. The Morgan fingerprint density at radius 2 is 1.80 bits per heavy atom. The topological polar surface area (TPSA) is 80.1 Å². The van der Waals surface area contributed by atoms with E-state index in [1.54, 1.807) is 4.90 Å². The highest BCUT2D eigenvalue weighted by Gasteiger charge is 2.38. The Morgan fingerprint density at radius 3 is 2.44 bits per heavy atom. The minimum Gasteiger partial charge on any atom is -0.389 e. The van der Waals surface area contributed by atoms with Crippen molar-refractivity contribution >= 4 is 5.82 Å². The molecule has 0 radical (unpaired) electrons. The maximum absolute atomic E-state index is 13.1. The van der Waals surface area contributed by atoms with Gasteiger partial charge in [0.1, 0.15) is 11.9 Å². The minimum absolute atomic E-state index is 0.0494. The molecule has 0 aliphatic carbocycles. The van der Waals surface area contributed by atoms with Crippen LogP contribution in [0.5, 0.6) is 0 Å². The van der Waals surface area contributed by atoms with Crippen molar-refractivity contribution in [1.29, 1.82) is 0 Å². The van der Waals surface area contributed by atoms with Gasteiger partial charge in [-0.1, -0.05) is 0 Å². The lowest BCUT2D eigenvalue weighted by Gasteiger charge is -2.38. The van der Waals surface area contributed by atoms with Crippen molar-refractivity contribution in [3.8, 4) is 0 Å². The Balaban J connectivity index is 1.63. The number of pyridine rings is 1. The van der Waals surface area contributed by atoms with Gasteiger partial charge in [0.25, 0.3) is 0 Å². The number of aliphatic hydroxyl groups excluding tert-OH is 3. The van der Waals surface area contributed by atoms with E-state index in [0.717, 1.165) is 6.07 Å². The first kappa shape index (κ1) is 18.4. The molecule has 1 aromatic heterocycles. The Hall–Kier alpha value is -1.42. The van der Waals surface area contributed by atoms with Crippen LogP contribution in [0.25, 0.3) is 0 Å². The first-order valence-corrected chi connectivity index (χ1v) is 8.29. The van der Waals surface area contributed by atoms with Crippen LogP contribution in [0.3, 0.4) is 0 Å². The van der Waals surface area contributed by atoms with E-state index in [1.165, 1.54) is 12.3 Å². The van der Waals surface area contributed by atoms with Crippen LogP contribution in [0, 0.1) is 5.92 Å². The Kier molecular flexibility index (Phi) is 5.19. The molecule has 0 aromatic carbocycles. The minimum atomic E-state index is -4.45. The van der Waals surface area contributed by atoms with Gasteiger partial charge in [0, 0.05) is 38.9 Å². The highest BCUT2D eigenvalue weighted by atomic mass is 19.4. The predicted molar refractivity (Wildman–Crippen MR) is 84.0 cm³/mol. The fourth-order valence-electron chi connectivity index (χ4n) is 3.63. The molecule has 0 spiro atoms. The summed E-state index contributed by atoms with van der Waals surface area (Å²) in [5.74, 6) is 0.0596. The number of alkyl halides is 3. The molecule has 1 aromatic rings. The number of likely N-dealkylation sites (tertiary alicyclic amines) is 1. The van der Waals surface area contributed by atoms with Crippen molar-refractivity contribution in [2.75, 3.05) is 37.6 Å². The summed E-state index contributed by atoms with van der Waals surface area (Å²) in [6.45, 7) is 1.95. The van der Waals surface area contributed by atoms with Crippen LogP contribution >= 0.6 is 0 Å². The third-order valence-corrected chi connectivity index (χ3v) is 4.87. The molecular weight excluding hydrogens is 339 g/mol. The maximum atomic E-state index is 13.1. The predicted octanol–water partition coefficient (Wildman–Crippen LogP) is 0.325. The lowest BCUT2D eigenvalue weighted by atomic mass is 10.00. The molecule has 0 unspecified atom stereocenters. The number of hydrogen-bond donors (Lipinski definition) is 3. The Bertz CT molecular complexity index is 589. The summed E-state index contributed by atoms with van der Waals surface area (Å²) in [5.41, 5.74) is -0.734. The summed E-state index contributed by atoms with van der Waals surface area (Å²) in [7, 11) is 0. The van der Waals surface area contributed by atoms with Gasteiger partial charge in [0.05, 0.1) is 17.8 Å². The van der Waals surface area contributed by atoms with E-state index < -0.39 is 30.1 Å². The van der Waals surface area contributed by atoms with Gasteiger partial charge in [-0.2, -0.15) is 13.2 Å². The standard InChI is InChI=1S/C16H22F3N3O3/c17-16(18,19)11-2-1-4-20-15(11)22-5-3-10(7-22)6-21-8-12(23)14(25)13(24)9-21/h1-2,4,10,12-14,23-25H,3,5-9H2/t10-,12-,13+,14+/m0/s1. The van der Waals surface area contributed by atoms with Crippen molar-refractivity contribution in [2.24, 2.45) is 5.92 Å². The normalized spacial score (nSPS) is 31.5. The number of piperidine rings is 1. The molecule has 2 aliphatic rings. The van der Waals surface area contributed by atoms with E-state index in [2.05, 4.69) is 4.98 Å². The summed E-state index contributed by atoms with van der Waals surface area (Å²) in [5, 5.41) is 29.1. The largest absolute Gasteiger partial charge is 0.419 e. The lowest BCUT2D eigenvalue weighted by Crippen LogP contribution is -2.56. The molecule has 2 fully saturated rings. The van der Waals surface area contributed by atoms with Crippen LogP contribution in [0.4, 0.5) is 19.0 Å². The zero-order chi connectivity index (χ0) is 18.2. The molecule has 4 atom stereocenters. The van der Waals surface area contributed by atoms with E-state index in [1.807, 2.05) is 4.90 Å². The molecule has 0 saturated carbocycles. The molecule has 6 nitrogen and oxygen atoms in total. The molecule has 0 bridgehead atoms. The van der Waals surface area contributed by atoms with Crippen LogP contribution < -0.4 is 4.90 Å². The van der Waals surface area contributed by atoms with Crippen molar-refractivity contribution in [2.45, 2.75) is 30.9 Å². The number of halogens is 3. The van der Waals surface area contributed by atoms with E-state index >= 15 is 0 Å². The molecule has 3 rings (SSSR count). The monoisotopic (exact) mass is 361 g/mol. The molecule has 0 amide bonds. The van der Waals surface area contributed by atoms with Crippen LogP contribution in [0.1, 0.15) is 12.0 Å². The smallest absolute Gasteiger partial charge is 0.389 e. The van der Waals surface area contributed by atoms with Gasteiger partial charge >= 0.3 is 6.18 Å². The van der Waals surface area contributed by atoms with Gasteiger partial charge in [0.2, 0.25) is 0 Å². The fraction of sp³-hybridized carbons (Fsp3) is 0.688. The third kappa shape index (κ3) is 4.05. The summed E-state index contributed by atoms with van der Waals surface area (Å²) in [6, 6.07) is 2.32. The highest BCUT2D eigenvalue weighted by molar-refractivity contribution is 5.49. The zero-order valence-corrected chi connectivity index (χ0v) is 13.6. The second kappa shape index (κ2) is 7.06. The second-order valence-corrected chi connectivity index (χ2v) is 6.82. The SMILES string of the molecule is O[C@H]1[C@H](O)CN(C[C@@H]2CCN(c3ncccc3C(F)(F)F)C2)C[C@@H]1O. The van der Waals surface area contributed by atoms with Gasteiger partial charge in [-0.05, 0) is 24.5 Å². The molecular formula is C16H22F3N3O3. The van der Waals surface area contributed by atoms with Gasteiger partial charge in [-0.15, -0.1) is 0 Å². The van der Waals surface area contributed by atoms with Gasteiger partial charge in [-0.25, -0.2) is 4.98 Å². The van der Waals surface area contributed by atoms with E-state index in [0.29, 0.717) is 26.1 Å². The first-order chi connectivity index (χ1) is 11.8. The Morgan fingerprint density at radius 1 is 1.12 bits per heavy atom. The quantitative estimate of drug-likeness (QED) is 0.720. The molecule has 140 valence electrons. The first-order valence-electron chi connectivity index (χ1n) is 8.29. The van der Waals surface area contributed by atoms with Crippen molar-refractivity contribution < 1.29 is 28.5 Å². The number of aliphatic hydroxyl groups is 3. The fourth-order valence-corrected chi connectivity index (χ4v) is 3.63. The van der Waals surface area contributed by atoms with Crippen LogP contribution in [0.2, 0.25) is 0 Å². The van der Waals surface area contributed by atoms with Gasteiger partial charge in [0.15, 0.2) is 0 Å². The summed E-state index contributed by atoms with van der Waals surface area (Å²) in [6.07, 6.45) is -5.57. The summed E-state index contributed by atoms with van der Waals surface area (Å²) >= 11 is 0. The van der Waals surface area contributed by atoms with Crippen molar-refractivity contribution in [3.05, 3.63) is 23.9 Å². The van der Waals surface area contributed by atoms with E-state index in [9.17, 15) is 28.5 Å². The number of hydrogen-bond acceptors (Lipinski definition) is 6. The average Bonchev–Trinajstić information content (AvgIpc) is 3.00. The van der Waals surface area contributed by atoms with Gasteiger partial charge in [-0.3, -0.25) is 4.90 Å². The van der Waals surface area contributed by atoms with Crippen molar-refractivity contribution in [3.63, 3.8) is 0 Å². The van der Waals surface area contributed by atoms with E-state index in [-0.39, 0.29) is 24.8 Å². The number of β-amino-alcohol motifs (C(OH)–C–C–N with tert-alkyl or cyclic N) is 2. The maximum Gasteiger partial charge on any atom is 0.419 e. The highest BCUT2D eigenvalue weighted by Crippen LogP contribution is 2.36. The molecule has 9 heteroatoms. The molecule has 2 aliphatic heterocycles. The lowest BCUT2D eigenvalue weighted by molar-refractivity contribution is -0.137. The molecule has 2 saturated heterocycles. The third-order valence-electron chi connectivity index (χ3n) is 4.87. The van der Waals surface area contributed by atoms with Crippen LogP contribution in [-0.4, -0.2) is 76.2 Å². The average molecular weight is 361 g/mol. The number of nitrogens with zero attached hydrogens (tertiary/aromatic N) is 3. The van der Waals surface area contributed by atoms with Crippen LogP contribution in [-0.2, 0) is 6.18 Å². The zero-order valence-electron chi connectivity index (χ0n) is 13.6. The number of rotatable bonds is 3. The number of aromatic nitrogens is 1. The van der Waals surface area contributed by atoms with Crippen molar-refractivity contribution in [1.82, 2.24) is 9.88 Å². The summed E-state index contributed by atoms with van der Waals surface area (Å²) in [4.78, 5) is 7.41. The second-order valence-electron chi connectivity index (χ2n) is 6.82. The summed E-state index contributed by atoms with van der Waals surface area (Å²) < 4.78 is 39.4. The van der Waals surface area contributed by atoms with E-state index in [4.69, 9.17) is 0 Å². The van der Waals surface area contributed by atoms with Crippen LogP contribution in [0.15, 0.2) is 18.3 Å². The molecule has 3 heterocycles. The number of anilines is 1.